The minimum atomic E-state index is -4.35. The molecule has 7 rings (SSSR count). The van der Waals surface area contributed by atoms with E-state index in [0.717, 1.165) is 19.3 Å². The van der Waals surface area contributed by atoms with Crippen molar-refractivity contribution in [2.75, 3.05) is 12.4 Å². The number of hydrogen-bond acceptors (Lipinski definition) is 10. The molecule has 5 atom stereocenters. The van der Waals surface area contributed by atoms with Gasteiger partial charge < -0.3 is 23.7 Å². The van der Waals surface area contributed by atoms with E-state index in [2.05, 4.69) is 0 Å². The van der Waals surface area contributed by atoms with Gasteiger partial charge in [-0.15, -0.1) is 0 Å². The average molecular weight is 480 g/mol. The van der Waals surface area contributed by atoms with Crippen LogP contribution in [0.4, 0.5) is 0 Å². The first-order chi connectivity index (χ1) is 15.6. The van der Waals surface area contributed by atoms with Crippen LogP contribution in [-0.4, -0.2) is 54.4 Å². The highest BCUT2D eigenvalue weighted by atomic mass is 32.2. The largest absolute Gasteiger partial charge is 0.461 e. The molecule has 4 aliphatic carbocycles. The maximum atomic E-state index is 12.6. The van der Waals surface area contributed by atoms with Gasteiger partial charge in [0.25, 0.3) is 10.1 Å². The maximum Gasteiger partial charge on any atom is 0.348 e. The summed E-state index contributed by atoms with van der Waals surface area (Å²) in [7, 11) is -4.35. The third-order valence-electron chi connectivity index (χ3n) is 7.50. The quantitative estimate of drug-likeness (QED) is 0.335. The monoisotopic (exact) mass is 480 g/mol. The topological polar surface area (TPSA) is 167 Å². The number of aliphatic hydroxyl groups excluding tert-OH is 1. The minimum Gasteiger partial charge on any atom is -0.461 e. The number of carbonyl (C=O) groups excluding carboxylic acids is 3. The average Bonchev–Trinajstić information content (AvgIpc) is 3.34. The summed E-state index contributed by atoms with van der Waals surface area (Å²) in [6.07, 6.45) is 2.10. The maximum absolute atomic E-state index is 12.6. The van der Waals surface area contributed by atoms with Crippen LogP contribution in [-0.2, 0) is 19.6 Å². The molecule has 0 spiro atoms. The van der Waals surface area contributed by atoms with Gasteiger partial charge in [0.05, 0.1) is 0 Å². The summed E-state index contributed by atoms with van der Waals surface area (Å²) in [5, 5.41) is 11.1. The Morgan fingerprint density at radius 1 is 1.15 bits per heavy atom. The molecule has 12 heteroatoms. The fourth-order valence-electron chi connectivity index (χ4n) is 6.35. The lowest BCUT2D eigenvalue weighted by Crippen LogP contribution is -2.56. The van der Waals surface area contributed by atoms with Crippen molar-refractivity contribution in [2.24, 2.45) is 23.2 Å². The Kier molecular flexibility index (Phi) is 4.22. The van der Waals surface area contributed by atoms with Gasteiger partial charge in [0.2, 0.25) is 17.8 Å². The molecule has 3 heterocycles. The summed E-state index contributed by atoms with van der Waals surface area (Å²) in [6.45, 7) is -0.636. The first-order valence-corrected chi connectivity index (χ1v) is 12.3. The van der Waals surface area contributed by atoms with Gasteiger partial charge in [0.15, 0.2) is 11.2 Å². The number of benzene rings is 1. The van der Waals surface area contributed by atoms with Gasteiger partial charge in [-0.3, -0.25) is 9.35 Å². The smallest absolute Gasteiger partial charge is 0.348 e. The van der Waals surface area contributed by atoms with Crippen LogP contribution < -0.4 is 9.47 Å². The zero-order chi connectivity index (χ0) is 23.3. The highest BCUT2D eigenvalue weighted by Gasteiger charge is 2.59. The summed E-state index contributed by atoms with van der Waals surface area (Å²) >= 11 is 0. The van der Waals surface area contributed by atoms with Crippen LogP contribution in [0, 0.1) is 23.2 Å². The Labute approximate surface area is 187 Å². The molecule has 176 valence electrons. The predicted molar refractivity (Wildman–Crippen MR) is 107 cm³/mol. The molecule has 2 N–H and O–H groups in total. The highest BCUT2D eigenvalue weighted by molar-refractivity contribution is 7.85. The van der Waals surface area contributed by atoms with Gasteiger partial charge in [-0.05, 0) is 38.0 Å². The highest BCUT2D eigenvalue weighted by Crippen LogP contribution is 2.61. The summed E-state index contributed by atoms with van der Waals surface area (Å²) < 4.78 is 52.0. The van der Waals surface area contributed by atoms with Crippen LogP contribution in [0.3, 0.4) is 0 Å². The number of furan rings is 2. The molecule has 2 aromatic heterocycles. The molecule has 0 radical (unpaired) electrons. The van der Waals surface area contributed by atoms with Crippen molar-refractivity contribution < 1.29 is 51.1 Å². The van der Waals surface area contributed by atoms with Gasteiger partial charge in [-0.1, -0.05) is 0 Å². The summed E-state index contributed by atoms with van der Waals surface area (Å²) in [5.74, 6) is -2.42. The normalized spacial score (nSPS) is 30.8. The second-order valence-corrected chi connectivity index (χ2v) is 11.1. The van der Waals surface area contributed by atoms with Crippen molar-refractivity contribution >= 4 is 39.0 Å². The third-order valence-corrected chi connectivity index (χ3v) is 8.18. The van der Waals surface area contributed by atoms with E-state index < -0.39 is 46.1 Å². The SMILES string of the molecule is O=C1Oc2c(OC(O)C34CC5CC(C3)C(=O)[C@H](C5)C4)c3oc2c1c3C(=O)OCCS(=O)(=O)O. The number of Topliss-reactive ketones (excluding diaryl/α,β-unsaturated/α-hetero) is 1. The molecule has 0 saturated heterocycles. The number of esters is 2. The predicted octanol–water partition coefficient (Wildman–Crippen LogP) is 1.54. The van der Waals surface area contributed by atoms with E-state index in [1.165, 1.54) is 0 Å². The third kappa shape index (κ3) is 3.00. The summed E-state index contributed by atoms with van der Waals surface area (Å²) in [5.41, 5.74) is -1.21. The zero-order valence-corrected chi connectivity index (χ0v) is 18.1. The zero-order valence-electron chi connectivity index (χ0n) is 17.2. The Morgan fingerprint density at radius 2 is 1.85 bits per heavy atom. The first kappa shape index (κ1) is 20.9. The molecular formula is C21H20O11S. The van der Waals surface area contributed by atoms with E-state index in [0.29, 0.717) is 18.8 Å². The second kappa shape index (κ2) is 6.67. The van der Waals surface area contributed by atoms with Crippen molar-refractivity contribution in [1.29, 1.82) is 0 Å². The van der Waals surface area contributed by atoms with Gasteiger partial charge >= 0.3 is 11.9 Å². The van der Waals surface area contributed by atoms with Crippen LogP contribution in [0.5, 0.6) is 11.5 Å². The van der Waals surface area contributed by atoms with Crippen molar-refractivity contribution in [2.45, 2.75) is 38.4 Å². The Bertz CT molecular complexity index is 1290. The lowest BCUT2D eigenvalue weighted by atomic mass is 9.49. The number of ketones is 1. The van der Waals surface area contributed by atoms with Crippen LogP contribution in [0.25, 0.3) is 11.2 Å². The molecule has 4 saturated carbocycles. The van der Waals surface area contributed by atoms with Gasteiger partial charge in [0, 0.05) is 17.3 Å². The molecule has 6 bridgehead atoms. The number of hydrogen-bond donors (Lipinski definition) is 2. The molecule has 5 aliphatic rings. The lowest BCUT2D eigenvalue weighted by molar-refractivity contribution is -0.192. The van der Waals surface area contributed by atoms with E-state index in [-0.39, 0.29) is 51.4 Å². The van der Waals surface area contributed by atoms with Gasteiger partial charge in [-0.25, -0.2) is 9.59 Å². The number of ether oxygens (including phenoxy) is 3. The molecule has 4 fully saturated rings. The Hall–Kier alpha value is -2.70. The standard InChI is InChI=1S/C21H20O11S/c22-13-9-3-8-4-10(13)7-21(5-8,6-9)20(25)32-17-14-11(18(23)29-1-2-33(26,27)28)12-15(30-14)16(17)31-19(12)24/h8-10,20,25H,1-7H2,(H,26,27,28)/t8?,9-,10?,20?,21?/m1/s1. The molecular weight excluding hydrogens is 460 g/mol. The van der Waals surface area contributed by atoms with E-state index in [1.807, 2.05) is 0 Å². The number of carbonyl (C=O) groups is 3. The van der Waals surface area contributed by atoms with Crippen LogP contribution in [0.2, 0.25) is 0 Å². The molecule has 2 aromatic rings. The number of aliphatic hydroxyl groups is 1. The van der Waals surface area contributed by atoms with Crippen molar-refractivity contribution in [3.05, 3.63) is 11.1 Å². The summed E-state index contributed by atoms with van der Waals surface area (Å²) in [4.78, 5) is 37.4. The van der Waals surface area contributed by atoms with E-state index in [9.17, 15) is 27.9 Å². The van der Waals surface area contributed by atoms with E-state index in [4.69, 9.17) is 23.2 Å². The Balaban J connectivity index is 1.29. The number of rotatable bonds is 7. The first-order valence-electron chi connectivity index (χ1n) is 10.7. The molecule has 4 unspecified atom stereocenters. The van der Waals surface area contributed by atoms with Crippen molar-refractivity contribution in [3.63, 3.8) is 0 Å². The van der Waals surface area contributed by atoms with Crippen LogP contribution in [0.15, 0.2) is 4.42 Å². The lowest BCUT2D eigenvalue weighted by Gasteiger charge is -2.56. The van der Waals surface area contributed by atoms with E-state index >= 15 is 0 Å². The van der Waals surface area contributed by atoms with Crippen molar-refractivity contribution in [3.8, 4) is 11.5 Å². The van der Waals surface area contributed by atoms with Gasteiger partial charge in [-0.2, -0.15) is 8.42 Å². The minimum absolute atomic E-state index is 0.0142. The van der Waals surface area contributed by atoms with Crippen LogP contribution >= 0.6 is 0 Å². The molecule has 11 nitrogen and oxygen atoms in total. The number of fused-ring (bicyclic) bond motifs is 1. The van der Waals surface area contributed by atoms with Crippen molar-refractivity contribution in [1.82, 2.24) is 0 Å². The second-order valence-electron chi connectivity index (χ2n) is 9.56. The van der Waals surface area contributed by atoms with Crippen LogP contribution in [0.1, 0.15) is 52.8 Å². The molecule has 33 heavy (non-hydrogen) atoms. The van der Waals surface area contributed by atoms with Gasteiger partial charge in [0.1, 0.15) is 29.3 Å². The summed E-state index contributed by atoms with van der Waals surface area (Å²) in [6, 6.07) is 0. The fraction of sp³-hybridized carbons (Fsp3) is 0.571. The molecule has 1 aliphatic heterocycles. The fourth-order valence-corrected chi connectivity index (χ4v) is 6.64. The molecule has 0 amide bonds. The Morgan fingerprint density at radius 3 is 2.52 bits per heavy atom. The van der Waals surface area contributed by atoms with E-state index in [1.54, 1.807) is 0 Å². The molecule has 0 aromatic carbocycles.